The van der Waals surface area contributed by atoms with E-state index < -0.39 is 0 Å². The summed E-state index contributed by atoms with van der Waals surface area (Å²) >= 11 is 12.7. The molecule has 0 spiro atoms. The van der Waals surface area contributed by atoms with Crippen LogP contribution in [0.5, 0.6) is 0 Å². The molecule has 7 heteroatoms. The van der Waals surface area contributed by atoms with Crippen molar-refractivity contribution in [3.8, 4) is 0 Å². The predicted octanol–water partition coefficient (Wildman–Crippen LogP) is 5.97. The molecule has 172 valence electrons. The lowest BCUT2D eigenvalue weighted by Crippen LogP contribution is -2.33. The number of pyridine rings is 1. The van der Waals surface area contributed by atoms with Gasteiger partial charge in [0.15, 0.2) is 5.11 Å². The van der Waals surface area contributed by atoms with Crippen LogP contribution in [0.2, 0.25) is 5.02 Å². The first kappa shape index (κ1) is 22.2. The highest BCUT2D eigenvalue weighted by Gasteiger charge is 2.42. The van der Waals surface area contributed by atoms with Crippen LogP contribution in [0.3, 0.4) is 0 Å². The molecule has 2 saturated heterocycles. The summed E-state index contributed by atoms with van der Waals surface area (Å²) in [5, 5.41) is 5.00. The van der Waals surface area contributed by atoms with Gasteiger partial charge in [0.2, 0.25) is 0 Å². The third-order valence-electron chi connectivity index (χ3n) is 6.94. The van der Waals surface area contributed by atoms with Crippen molar-refractivity contribution in [3.05, 3.63) is 77.3 Å². The molecule has 0 saturated carbocycles. The molecule has 3 aromatic rings. The summed E-state index contributed by atoms with van der Waals surface area (Å²) < 4.78 is 2.27. The third kappa shape index (κ3) is 4.22. The van der Waals surface area contributed by atoms with Gasteiger partial charge in [-0.3, -0.25) is 4.98 Å². The van der Waals surface area contributed by atoms with Crippen LogP contribution in [0, 0.1) is 5.92 Å². The number of aromatic nitrogens is 2. The molecular weight excluding hydrogens is 450 g/mol. The number of thiocarbonyl (C=S) groups is 1. The smallest absolute Gasteiger partial charge is 0.174 e. The number of nitrogens with zero attached hydrogens (tertiary/aromatic N) is 4. The van der Waals surface area contributed by atoms with Crippen LogP contribution in [-0.4, -0.2) is 27.8 Å². The van der Waals surface area contributed by atoms with E-state index in [4.69, 9.17) is 23.8 Å². The van der Waals surface area contributed by atoms with Crippen LogP contribution in [-0.2, 0) is 6.54 Å². The fourth-order valence-electron chi connectivity index (χ4n) is 5.07. The minimum atomic E-state index is -0.0547. The van der Waals surface area contributed by atoms with Crippen molar-refractivity contribution in [3.63, 3.8) is 0 Å². The Bertz CT molecular complexity index is 1120. The average Bonchev–Trinajstić information content (AvgIpc) is 3.44. The molecule has 0 aliphatic carbocycles. The molecular formula is C26H30ClN5S. The number of halogens is 1. The second kappa shape index (κ2) is 9.35. The lowest BCUT2D eigenvalue weighted by molar-refractivity contribution is 0.438. The molecule has 1 N–H and O–H groups in total. The van der Waals surface area contributed by atoms with Gasteiger partial charge in [-0.1, -0.05) is 24.6 Å². The second-order valence-electron chi connectivity index (χ2n) is 9.02. The normalized spacial score (nSPS) is 21.5. The van der Waals surface area contributed by atoms with E-state index in [2.05, 4.69) is 81.1 Å². The van der Waals surface area contributed by atoms with Gasteiger partial charge in [0.1, 0.15) is 6.04 Å². The van der Waals surface area contributed by atoms with Crippen molar-refractivity contribution in [2.75, 3.05) is 22.9 Å². The number of hydrogen-bond acceptors (Lipinski definition) is 3. The van der Waals surface area contributed by atoms with Crippen molar-refractivity contribution in [2.24, 2.45) is 5.92 Å². The van der Waals surface area contributed by atoms with Gasteiger partial charge in [-0.05, 0) is 80.4 Å². The zero-order valence-electron chi connectivity index (χ0n) is 19.1. The lowest BCUT2D eigenvalue weighted by atomic mass is 9.98. The minimum absolute atomic E-state index is 0.0277. The zero-order chi connectivity index (χ0) is 22.9. The Hall–Kier alpha value is -2.57. The number of rotatable bonds is 5. The molecule has 4 heterocycles. The number of aryl methyl sites for hydroxylation is 1. The highest BCUT2D eigenvalue weighted by Crippen LogP contribution is 2.43. The van der Waals surface area contributed by atoms with Crippen LogP contribution in [0.15, 0.2) is 60.9 Å². The Balaban J connectivity index is 1.53. The summed E-state index contributed by atoms with van der Waals surface area (Å²) in [7, 11) is 0. The monoisotopic (exact) mass is 479 g/mol. The summed E-state index contributed by atoms with van der Waals surface area (Å²) in [5.41, 5.74) is 4.28. The fraction of sp³-hybridized carbons (Fsp3) is 0.385. The SMILES string of the molecule is CCn1cccc1[C@@H]1[C@H](c2ccccn2)NC(=S)N1c1ccc(N2CCC(C)CC2)c(Cl)c1. The van der Waals surface area contributed by atoms with Gasteiger partial charge in [-0.2, -0.15) is 0 Å². The van der Waals surface area contributed by atoms with E-state index in [0.29, 0.717) is 5.11 Å². The highest BCUT2D eigenvalue weighted by molar-refractivity contribution is 7.80. The topological polar surface area (TPSA) is 36.3 Å². The molecule has 5 rings (SSSR count). The van der Waals surface area contributed by atoms with Crippen molar-refractivity contribution in [1.29, 1.82) is 0 Å². The largest absolute Gasteiger partial charge is 0.370 e. The summed E-state index contributed by atoms with van der Waals surface area (Å²) in [4.78, 5) is 9.25. The molecule has 1 aromatic carbocycles. The summed E-state index contributed by atoms with van der Waals surface area (Å²) in [6, 6.07) is 16.6. The van der Waals surface area contributed by atoms with Gasteiger partial charge in [-0.15, -0.1) is 0 Å². The molecule has 0 bridgehead atoms. The van der Waals surface area contributed by atoms with Crippen LogP contribution in [0.25, 0.3) is 0 Å². The molecule has 0 radical (unpaired) electrons. The first-order valence-electron chi connectivity index (χ1n) is 11.8. The zero-order valence-corrected chi connectivity index (χ0v) is 20.7. The maximum atomic E-state index is 6.86. The second-order valence-corrected chi connectivity index (χ2v) is 9.81. The van der Waals surface area contributed by atoms with E-state index in [0.717, 1.165) is 47.6 Å². The quantitative estimate of drug-likeness (QED) is 0.456. The van der Waals surface area contributed by atoms with Gasteiger partial charge in [0.05, 0.1) is 22.4 Å². The average molecular weight is 480 g/mol. The summed E-state index contributed by atoms with van der Waals surface area (Å²) in [6.07, 6.45) is 6.38. The standard InChI is InChI=1S/C26H30ClN5S/c1-3-30-14-6-8-23(30)25-24(21-7-4-5-13-28-21)29-26(33)32(25)19-9-10-22(20(27)17-19)31-15-11-18(2)12-16-31/h4-10,13-14,17-18,24-25H,3,11-12,15-16H2,1-2H3,(H,29,33)/t24-,25+/m0/s1. The van der Waals surface area contributed by atoms with Crippen LogP contribution >= 0.6 is 23.8 Å². The fourth-order valence-corrected chi connectivity index (χ4v) is 5.71. The molecule has 2 fully saturated rings. The van der Waals surface area contributed by atoms with E-state index in [1.807, 2.05) is 18.3 Å². The van der Waals surface area contributed by atoms with Gasteiger partial charge in [-0.25, -0.2) is 0 Å². The molecule has 2 aliphatic rings. The summed E-state index contributed by atoms with van der Waals surface area (Å²) in [6.45, 7) is 7.49. The molecule has 2 atom stereocenters. The number of nitrogens with one attached hydrogen (secondary N) is 1. The van der Waals surface area contributed by atoms with Gasteiger partial charge < -0.3 is 19.7 Å². The molecule has 5 nitrogen and oxygen atoms in total. The Kier molecular flexibility index (Phi) is 6.30. The van der Waals surface area contributed by atoms with E-state index in [1.54, 1.807) is 0 Å². The van der Waals surface area contributed by atoms with Crippen molar-refractivity contribution in [2.45, 2.75) is 45.3 Å². The first-order valence-corrected chi connectivity index (χ1v) is 12.6. The lowest BCUT2D eigenvalue weighted by Gasteiger charge is -2.33. The Morgan fingerprint density at radius 3 is 2.64 bits per heavy atom. The van der Waals surface area contributed by atoms with E-state index >= 15 is 0 Å². The number of anilines is 2. The molecule has 2 aliphatic heterocycles. The van der Waals surface area contributed by atoms with Crippen LogP contribution in [0.4, 0.5) is 11.4 Å². The molecule has 2 aromatic heterocycles. The van der Waals surface area contributed by atoms with Gasteiger partial charge >= 0.3 is 0 Å². The van der Waals surface area contributed by atoms with Gasteiger partial charge in [0.25, 0.3) is 0 Å². The highest BCUT2D eigenvalue weighted by atomic mass is 35.5. The molecule has 33 heavy (non-hydrogen) atoms. The number of hydrogen-bond donors (Lipinski definition) is 1. The maximum absolute atomic E-state index is 6.86. The first-order chi connectivity index (χ1) is 16.1. The van der Waals surface area contributed by atoms with Crippen molar-refractivity contribution in [1.82, 2.24) is 14.9 Å². The van der Waals surface area contributed by atoms with E-state index in [1.165, 1.54) is 18.5 Å². The maximum Gasteiger partial charge on any atom is 0.174 e. The minimum Gasteiger partial charge on any atom is -0.370 e. The number of piperidine rings is 1. The number of benzene rings is 1. The Labute approximate surface area is 206 Å². The van der Waals surface area contributed by atoms with Gasteiger partial charge in [0, 0.05) is 43.4 Å². The van der Waals surface area contributed by atoms with Crippen LogP contribution in [0.1, 0.15) is 50.2 Å². The van der Waals surface area contributed by atoms with E-state index in [9.17, 15) is 0 Å². The summed E-state index contributed by atoms with van der Waals surface area (Å²) in [5.74, 6) is 0.784. The van der Waals surface area contributed by atoms with Crippen LogP contribution < -0.4 is 15.1 Å². The van der Waals surface area contributed by atoms with E-state index in [-0.39, 0.29) is 12.1 Å². The third-order valence-corrected chi connectivity index (χ3v) is 7.56. The predicted molar refractivity (Wildman–Crippen MR) is 140 cm³/mol. The Morgan fingerprint density at radius 2 is 1.94 bits per heavy atom. The van der Waals surface area contributed by atoms with Crippen molar-refractivity contribution >= 4 is 40.3 Å². The molecule has 0 unspecified atom stereocenters. The Morgan fingerprint density at radius 1 is 1.12 bits per heavy atom. The van der Waals surface area contributed by atoms with Crippen molar-refractivity contribution < 1.29 is 0 Å². The molecule has 0 amide bonds.